The minimum absolute atomic E-state index is 0.686. The molecule has 0 spiro atoms. The fourth-order valence-electron chi connectivity index (χ4n) is 3.61. The molecule has 25 heavy (non-hydrogen) atoms. The van der Waals surface area contributed by atoms with Crippen molar-refractivity contribution in [1.29, 1.82) is 0 Å². The molecular weight excluding hydrogens is 308 g/mol. The maximum atomic E-state index is 6.03. The number of pyridine rings is 2. The van der Waals surface area contributed by atoms with E-state index in [9.17, 15) is 0 Å². The maximum absolute atomic E-state index is 6.03. The molecule has 0 atom stereocenters. The summed E-state index contributed by atoms with van der Waals surface area (Å²) in [6.45, 7) is 2.14. The van der Waals surface area contributed by atoms with Gasteiger partial charge in [-0.15, -0.1) is 0 Å². The van der Waals surface area contributed by atoms with E-state index in [4.69, 9.17) is 9.40 Å². The lowest BCUT2D eigenvalue weighted by Crippen LogP contribution is -2.31. The fraction of sp³-hybridized carbons (Fsp3) is 0.0909. The summed E-state index contributed by atoms with van der Waals surface area (Å²) in [4.78, 5) is 4.70. The van der Waals surface area contributed by atoms with E-state index in [1.165, 1.54) is 16.8 Å². The molecule has 2 aromatic carbocycles. The third-order valence-electron chi connectivity index (χ3n) is 4.89. The molecule has 3 heterocycles. The molecule has 120 valence electrons. The molecule has 3 aromatic heterocycles. The van der Waals surface area contributed by atoms with Crippen molar-refractivity contribution < 1.29 is 8.98 Å². The van der Waals surface area contributed by atoms with Gasteiger partial charge in [-0.2, -0.15) is 4.57 Å². The first kappa shape index (κ1) is 14.2. The van der Waals surface area contributed by atoms with Crippen molar-refractivity contribution in [3.8, 4) is 11.3 Å². The van der Waals surface area contributed by atoms with Gasteiger partial charge in [0.1, 0.15) is 12.4 Å². The Morgan fingerprint density at radius 2 is 1.72 bits per heavy atom. The molecule has 0 aliphatic heterocycles. The lowest BCUT2D eigenvalue weighted by molar-refractivity contribution is -0.632. The van der Waals surface area contributed by atoms with Crippen LogP contribution in [0.25, 0.3) is 44.4 Å². The van der Waals surface area contributed by atoms with Crippen LogP contribution in [0.1, 0.15) is 5.56 Å². The molecule has 0 amide bonds. The molecule has 3 heteroatoms. The van der Waals surface area contributed by atoms with E-state index in [-0.39, 0.29) is 0 Å². The molecule has 0 unspecified atom stereocenters. The molecule has 5 aromatic rings. The summed E-state index contributed by atoms with van der Waals surface area (Å²) in [5, 5.41) is 2.17. The predicted octanol–water partition coefficient (Wildman–Crippen LogP) is 4.93. The number of rotatable bonds is 1. The third-order valence-corrected chi connectivity index (χ3v) is 4.89. The number of hydrogen-bond donors (Lipinski definition) is 0. The van der Waals surface area contributed by atoms with Crippen LogP contribution >= 0.6 is 0 Å². The number of fused-ring (bicyclic) bond motifs is 4. The Balaban J connectivity index is 1.89. The van der Waals surface area contributed by atoms with E-state index in [1.54, 1.807) is 0 Å². The molecule has 0 aliphatic rings. The van der Waals surface area contributed by atoms with Gasteiger partial charge < -0.3 is 4.42 Å². The Kier molecular flexibility index (Phi) is 2.92. The molecule has 0 saturated heterocycles. The van der Waals surface area contributed by atoms with Crippen LogP contribution < -0.4 is 4.57 Å². The summed E-state index contributed by atoms with van der Waals surface area (Å²) in [5.74, 6) is 0. The number of aryl methyl sites for hydroxylation is 2. The monoisotopic (exact) mass is 325 g/mol. The molecule has 0 fully saturated rings. The standard InChI is InChI=1S/C22H17N2O/c1-14-7-3-5-9-16(14)19-11-12-20-21(24(19)2)17-13-15-8-4-6-10-18(15)23-22(17)25-20/h3-13H,1-2H3/q+1. The summed E-state index contributed by atoms with van der Waals surface area (Å²) < 4.78 is 8.24. The Hall–Kier alpha value is -3.20. The van der Waals surface area contributed by atoms with E-state index < -0.39 is 0 Å². The smallest absolute Gasteiger partial charge is 0.261 e. The zero-order valence-electron chi connectivity index (χ0n) is 14.2. The minimum atomic E-state index is 0.686. The molecule has 0 radical (unpaired) electrons. The highest BCUT2D eigenvalue weighted by atomic mass is 16.3. The van der Waals surface area contributed by atoms with E-state index in [0.29, 0.717) is 5.71 Å². The largest absolute Gasteiger partial charge is 0.431 e. The lowest BCUT2D eigenvalue weighted by atomic mass is 10.0. The Morgan fingerprint density at radius 1 is 0.920 bits per heavy atom. The summed E-state index contributed by atoms with van der Waals surface area (Å²) in [5.41, 5.74) is 7.24. The lowest BCUT2D eigenvalue weighted by Gasteiger charge is -2.04. The van der Waals surface area contributed by atoms with Gasteiger partial charge in [-0.25, -0.2) is 4.98 Å². The first-order valence-electron chi connectivity index (χ1n) is 8.39. The maximum Gasteiger partial charge on any atom is 0.261 e. The van der Waals surface area contributed by atoms with Gasteiger partial charge in [0, 0.05) is 17.0 Å². The van der Waals surface area contributed by atoms with Crippen molar-refractivity contribution in [2.45, 2.75) is 6.92 Å². The summed E-state index contributed by atoms with van der Waals surface area (Å²) in [7, 11) is 2.09. The second-order valence-corrected chi connectivity index (χ2v) is 6.44. The topological polar surface area (TPSA) is 29.9 Å². The second kappa shape index (κ2) is 5.15. The second-order valence-electron chi connectivity index (χ2n) is 6.44. The van der Waals surface area contributed by atoms with Crippen LogP contribution in [-0.4, -0.2) is 4.98 Å². The van der Waals surface area contributed by atoms with Gasteiger partial charge >= 0.3 is 0 Å². The number of para-hydroxylation sites is 1. The van der Waals surface area contributed by atoms with E-state index in [2.05, 4.69) is 61.0 Å². The van der Waals surface area contributed by atoms with Crippen LogP contribution in [0.3, 0.4) is 0 Å². The van der Waals surface area contributed by atoms with Crippen molar-refractivity contribution in [3.63, 3.8) is 0 Å². The van der Waals surface area contributed by atoms with Gasteiger partial charge in [0.25, 0.3) is 5.52 Å². The number of nitrogens with zero attached hydrogens (tertiary/aromatic N) is 2. The molecule has 0 bridgehead atoms. The fourth-order valence-corrected chi connectivity index (χ4v) is 3.61. The molecule has 0 N–H and O–H groups in total. The van der Waals surface area contributed by atoms with Crippen molar-refractivity contribution in [3.05, 3.63) is 72.3 Å². The van der Waals surface area contributed by atoms with Gasteiger partial charge in [-0.1, -0.05) is 36.4 Å². The van der Waals surface area contributed by atoms with Crippen LogP contribution in [0.5, 0.6) is 0 Å². The molecule has 0 aliphatic carbocycles. The summed E-state index contributed by atoms with van der Waals surface area (Å²) in [6.07, 6.45) is 0. The molecule has 0 saturated carbocycles. The van der Waals surface area contributed by atoms with Crippen LogP contribution in [0.2, 0.25) is 0 Å². The Morgan fingerprint density at radius 3 is 2.60 bits per heavy atom. The summed E-state index contributed by atoms with van der Waals surface area (Å²) >= 11 is 0. The Labute approximate surface area is 145 Å². The van der Waals surface area contributed by atoms with Crippen LogP contribution in [0, 0.1) is 6.92 Å². The van der Waals surface area contributed by atoms with E-state index in [1.807, 2.05) is 24.3 Å². The van der Waals surface area contributed by atoms with Gasteiger partial charge in [0.05, 0.1) is 5.52 Å². The van der Waals surface area contributed by atoms with E-state index >= 15 is 0 Å². The van der Waals surface area contributed by atoms with Gasteiger partial charge in [0.2, 0.25) is 17.0 Å². The molecule has 5 rings (SSSR count). The zero-order valence-corrected chi connectivity index (χ0v) is 14.2. The number of benzene rings is 2. The third kappa shape index (κ3) is 2.06. The highest BCUT2D eigenvalue weighted by Crippen LogP contribution is 2.30. The Bertz CT molecular complexity index is 1270. The number of aromatic nitrogens is 2. The quantitative estimate of drug-likeness (QED) is 0.409. The SMILES string of the molecule is Cc1ccccc1-c1ccc2oc3nc4ccccc4cc3c2[n+]1C. The normalized spacial score (nSPS) is 11.6. The predicted molar refractivity (Wildman–Crippen MR) is 100 cm³/mol. The summed E-state index contributed by atoms with van der Waals surface area (Å²) in [6, 6.07) is 22.9. The van der Waals surface area contributed by atoms with Gasteiger partial charge in [-0.3, -0.25) is 0 Å². The average molecular weight is 325 g/mol. The van der Waals surface area contributed by atoms with Crippen LogP contribution in [0.15, 0.2) is 71.1 Å². The van der Waals surface area contributed by atoms with Crippen molar-refractivity contribution in [1.82, 2.24) is 4.98 Å². The number of furan rings is 1. The van der Waals surface area contributed by atoms with Gasteiger partial charge in [-0.05, 0) is 36.8 Å². The van der Waals surface area contributed by atoms with E-state index in [0.717, 1.165) is 27.4 Å². The van der Waals surface area contributed by atoms with Gasteiger partial charge in [0.15, 0.2) is 0 Å². The highest BCUT2D eigenvalue weighted by Gasteiger charge is 2.22. The highest BCUT2D eigenvalue weighted by molar-refractivity contribution is 6.04. The number of hydrogen-bond acceptors (Lipinski definition) is 2. The first-order chi connectivity index (χ1) is 12.2. The first-order valence-corrected chi connectivity index (χ1v) is 8.39. The average Bonchev–Trinajstić information content (AvgIpc) is 2.99. The zero-order chi connectivity index (χ0) is 17.0. The van der Waals surface area contributed by atoms with Crippen molar-refractivity contribution in [2.75, 3.05) is 0 Å². The minimum Gasteiger partial charge on any atom is -0.431 e. The van der Waals surface area contributed by atoms with Crippen molar-refractivity contribution in [2.24, 2.45) is 7.05 Å². The molecule has 3 nitrogen and oxygen atoms in total. The van der Waals surface area contributed by atoms with Crippen molar-refractivity contribution >= 4 is 33.1 Å². The van der Waals surface area contributed by atoms with Crippen LogP contribution in [-0.2, 0) is 7.05 Å². The van der Waals surface area contributed by atoms with Crippen LogP contribution in [0.4, 0.5) is 0 Å². The molecular formula is C22H17N2O+.